The first-order valence-corrected chi connectivity index (χ1v) is 5.72. The first-order chi connectivity index (χ1) is 7.04. The van der Waals surface area contributed by atoms with E-state index in [1.807, 2.05) is 12.1 Å². The summed E-state index contributed by atoms with van der Waals surface area (Å²) in [5, 5.41) is 6.57. The van der Waals surface area contributed by atoms with Crippen molar-refractivity contribution in [2.24, 2.45) is 11.0 Å². The molecule has 1 atom stereocenters. The van der Waals surface area contributed by atoms with Gasteiger partial charge < -0.3 is 4.90 Å². The molecule has 0 aliphatic carbocycles. The Hall–Kier alpha value is -0.830. The van der Waals surface area contributed by atoms with Gasteiger partial charge in [-0.25, -0.2) is 0 Å². The standard InChI is InChI=1S/C12H23N3/c1-6-11(3)15(5)13-12-7-8-14(4)9-10(12)2/h10H,3,6-9H2,1-2,4-5H3/b13-12+. The molecule has 1 saturated heterocycles. The van der Waals surface area contributed by atoms with E-state index < -0.39 is 0 Å². The van der Waals surface area contributed by atoms with Gasteiger partial charge in [-0.3, -0.25) is 5.01 Å². The fraction of sp³-hybridized carbons (Fsp3) is 0.750. The van der Waals surface area contributed by atoms with Crippen LogP contribution in [-0.4, -0.2) is 42.8 Å². The normalized spacial score (nSPS) is 25.6. The lowest BCUT2D eigenvalue weighted by molar-refractivity contribution is 0.293. The zero-order chi connectivity index (χ0) is 11.4. The predicted molar refractivity (Wildman–Crippen MR) is 65.9 cm³/mol. The van der Waals surface area contributed by atoms with Crippen LogP contribution in [0.3, 0.4) is 0 Å². The summed E-state index contributed by atoms with van der Waals surface area (Å²) in [5.74, 6) is 0.566. The lowest BCUT2D eigenvalue weighted by Gasteiger charge is -2.30. The Kier molecular flexibility index (Phi) is 4.33. The summed E-state index contributed by atoms with van der Waals surface area (Å²) in [6.07, 6.45) is 2.04. The van der Waals surface area contributed by atoms with Gasteiger partial charge in [-0.05, 0) is 13.5 Å². The molecular weight excluding hydrogens is 186 g/mol. The topological polar surface area (TPSA) is 18.8 Å². The van der Waals surface area contributed by atoms with Crippen molar-refractivity contribution in [2.45, 2.75) is 26.7 Å². The Morgan fingerprint density at radius 3 is 2.87 bits per heavy atom. The summed E-state index contributed by atoms with van der Waals surface area (Å²) >= 11 is 0. The van der Waals surface area contributed by atoms with Crippen LogP contribution in [0.2, 0.25) is 0 Å². The van der Waals surface area contributed by atoms with Crippen LogP contribution in [0, 0.1) is 5.92 Å². The Balaban J connectivity index is 2.62. The molecule has 1 unspecified atom stereocenters. The molecule has 86 valence electrons. The van der Waals surface area contributed by atoms with E-state index in [1.165, 1.54) is 5.71 Å². The predicted octanol–water partition coefficient (Wildman–Crippen LogP) is 2.17. The van der Waals surface area contributed by atoms with Crippen LogP contribution >= 0.6 is 0 Å². The minimum Gasteiger partial charge on any atom is -0.305 e. The molecule has 15 heavy (non-hydrogen) atoms. The third-order valence-corrected chi connectivity index (χ3v) is 3.05. The number of nitrogens with zero attached hydrogens (tertiary/aromatic N) is 3. The third kappa shape index (κ3) is 3.34. The number of hydrazone groups is 1. The van der Waals surface area contributed by atoms with Crippen molar-refractivity contribution in [1.29, 1.82) is 0 Å². The fourth-order valence-corrected chi connectivity index (χ4v) is 1.86. The van der Waals surface area contributed by atoms with Crippen LogP contribution in [0.4, 0.5) is 0 Å². The zero-order valence-electron chi connectivity index (χ0n) is 10.5. The van der Waals surface area contributed by atoms with Crippen LogP contribution in [0.5, 0.6) is 0 Å². The summed E-state index contributed by atoms with van der Waals surface area (Å²) in [5.41, 5.74) is 2.39. The Bertz CT molecular complexity index is 258. The maximum absolute atomic E-state index is 4.65. The Labute approximate surface area is 93.4 Å². The van der Waals surface area contributed by atoms with E-state index >= 15 is 0 Å². The molecule has 0 aromatic carbocycles. The summed E-state index contributed by atoms with van der Waals surface area (Å²) in [6, 6.07) is 0. The van der Waals surface area contributed by atoms with E-state index in [0.717, 1.165) is 31.6 Å². The highest BCUT2D eigenvalue weighted by Gasteiger charge is 2.20. The van der Waals surface area contributed by atoms with Crippen LogP contribution < -0.4 is 0 Å². The van der Waals surface area contributed by atoms with Crippen molar-refractivity contribution in [3.8, 4) is 0 Å². The van der Waals surface area contributed by atoms with E-state index in [4.69, 9.17) is 0 Å². The number of rotatable bonds is 3. The van der Waals surface area contributed by atoms with Gasteiger partial charge in [0.25, 0.3) is 0 Å². The highest BCUT2D eigenvalue weighted by atomic mass is 15.4. The summed E-state index contributed by atoms with van der Waals surface area (Å²) in [6.45, 7) is 10.6. The SMILES string of the molecule is C=C(CC)N(C)/N=C1\CCN(C)CC1C. The maximum Gasteiger partial charge on any atom is 0.0438 e. The first kappa shape index (κ1) is 12.2. The Morgan fingerprint density at radius 1 is 1.67 bits per heavy atom. The molecule has 3 nitrogen and oxygen atoms in total. The van der Waals surface area contributed by atoms with Gasteiger partial charge in [0.05, 0.1) is 0 Å². The van der Waals surface area contributed by atoms with Crippen molar-refractivity contribution in [3.05, 3.63) is 12.3 Å². The van der Waals surface area contributed by atoms with Crippen LogP contribution in [0.15, 0.2) is 17.4 Å². The molecule has 1 fully saturated rings. The number of hydrogen-bond donors (Lipinski definition) is 0. The van der Waals surface area contributed by atoms with Gasteiger partial charge in [0, 0.05) is 43.9 Å². The lowest BCUT2D eigenvalue weighted by atomic mass is 9.98. The Morgan fingerprint density at radius 2 is 2.33 bits per heavy atom. The summed E-state index contributed by atoms with van der Waals surface area (Å²) < 4.78 is 0. The van der Waals surface area contributed by atoms with Crippen molar-refractivity contribution >= 4 is 5.71 Å². The molecule has 1 aliphatic rings. The van der Waals surface area contributed by atoms with E-state index in [2.05, 4.69) is 37.5 Å². The molecule has 1 rings (SSSR count). The number of hydrogen-bond acceptors (Lipinski definition) is 3. The van der Waals surface area contributed by atoms with Crippen molar-refractivity contribution in [2.75, 3.05) is 27.2 Å². The van der Waals surface area contributed by atoms with Crippen LogP contribution in [0.1, 0.15) is 26.7 Å². The molecule has 1 aliphatic heterocycles. The number of likely N-dealkylation sites (tertiary alicyclic amines) is 1. The largest absolute Gasteiger partial charge is 0.305 e. The van der Waals surface area contributed by atoms with Gasteiger partial charge >= 0.3 is 0 Å². The third-order valence-electron chi connectivity index (χ3n) is 3.05. The molecule has 0 bridgehead atoms. The van der Waals surface area contributed by atoms with Crippen molar-refractivity contribution in [1.82, 2.24) is 9.91 Å². The van der Waals surface area contributed by atoms with Gasteiger partial charge in [0.2, 0.25) is 0 Å². The minimum atomic E-state index is 0.566. The van der Waals surface area contributed by atoms with Gasteiger partial charge in [0.1, 0.15) is 0 Å². The highest BCUT2D eigenvalue weighted by molar-refractivity contribution is 5.87. The maximum atomic E-state index is 4.65. The molecule has 0 amide bonds. The second-order valence-electron chi connectivity index (χ2n) is 4.45. The summed E-state index contributed by atoms with van der Waals surface area (Å²) in [4.78, 5) is 2.36. The minimum absolute atomic E-state index is 0.566. The molecule has 0 saturated carbocycles. The molecule has 1 heterocycles. The second-order valence-corrected chi connectivity index (χ2v) is 4.45. The molecule has 0 radical (unpaired) electrons. The highest BCUT2D eigenvalue weighted by Crippen LogP contribution is 2.14. The molecule has 0 N–H and O–H groups in total. The van der Waals surface area contributed by atoms with Gasteiger partial charge in [-0.2, -0.15) is 5.10 Å². The van der Waals surface area contributed by atoms with E-state index in [-0.39, 0.29) is 0 Å². The van der Waals surface area contributed by atoms with Gasteiger partial charge in [-0.15, -0.1) is 0 Å². The average molecular weight is 209 g/mol. The average Bonchev–Trinajstić information content (AvgIpc) is 2.20. The number of allylic oxidation sites excluding steroid dienone is 1. The quantitative estimate of drug-likeness (QED) is 0.663. The first-order valence-electron chi connectivity index (χ1n) is 5.72. The van der Waals surface area contributed by atoms with Gasteiger partial charge in [0.15, 0.2) is 0 Å². The van der Waals surface area contributed by atoms with E-state index in [9.17, 15) is 0 Å². The molecule has 3 heteroatoms. The van der Waals surface area contributed by atoms with Crippen LogP contribution in [0.25, 0.3) is 0 Å². The van der Waals surface area contributed by atoms with Crippen molar-refractivity contribution < 1.29 is 0 Å². The smallest absolute Gasteiger partial charge is 0.0438 e. The van der Waals surface area contributed by atoms with Crippen molar-refractivity contribution in [3.63, 3.8) is 0 Å². The van der Waals surface area contributed by atoms with Crippen LogP contribution in [-0.2, 0) is 0 Å². The molecule has 0 aromatic heterocycles. The monoisotopic (exact) mass is 209 g/mol. The lowest BCUT2D eigenvalue weighted by Crippen LogP contribution is -2.37. The van der Waals surface area contributed by atoms with E-state index in [1.54, 1.807) is 0 Å². The summed E-state index contributed by atoms with van der Waals surface area (Å²) in [7, 11) is 4.16. The zero-order valence-corrected chi connectivity index (χ0v) is 10.5. The number of piperidine rings is 1. The molecule has 0 aromatic rings. The van der Waals surface area contributed by atoms with E-state index in [0.29, 0.717) is 5.92 Å². The second kappa shape index (κ2) is 5.31. The van der Waals surface area contributed by atoms with Gasteiger partial charge in [-0.1, -0.05) is 20.4 Å². The molecule has 0 spiro atoms. The molecular formula is C12H23N3. The fourth-order valence-electron chi connectivity index (χ4n) is 1.86.